The minimum Gasteiger partial charge on any atom is -0.466 e. The Balaban J connectivity index is 3.37. The number of hydrogen-bond donors (Lipinski definition) is 3. The van der Waals surface area contributed by atoms with Crippen molar-refractivity contribution in [1.82, 2.24) is 5.32 Å². The first-order valence-electron chi connectivity index (χ1n) is 27.4. The molecule has 0 fully saturated rings. The number of aliphatic hydroxyl groups is 2. The Morgan fingerprint density at radius 1 is 0.443 bits per heavy atom. The molecule has 0 radical (unpaired) electrons. The third-order valence-electron chi connectivity index (χ3n) is 12.8. The molecule has 0 aliphatic heterocycles. The highest BCUT2D eigenvalue weighted by atomic mass is 16.5. The average Bonchev–Trinajstić information content (AvgIpc) is 3.26. The third kappa shape index (κ3) is 47.9. The molecule has 61 heavy (non-hydrogen) atoms. The Bertz CT molecular complexity index is 909. The van der Waals surface area contributed by atoms with Crippen molar-refractivity contribution in [1.29, 1.82) is 0 Å². The van der Waals surface area contributed by atoms with Crippen LogP contribution < -0.4 is 5.32 Å². The number of ether oxygens (including phenoxy) is 1. The third-order valence-corrected chi connectivity index (χ3v) is 12.8. The van der Waals surface area contributed by atoms with Crippen molar-refractivity contribution >= 4 is 11.9 Å². The van der Waals surface area contributed by atoms with Gasteiger partial charge in [0.2, 0.25) is 5.91 Å². The van der Waals surface area contributed by atoms with Crippen LogP contribution in [0.15, 0.2) is 12.2 Å². The normalized spacial score (nSPS) is 12.7. The van der Waals surface area contributed by atoms with Crippen molar-refractivity contribution in [3.8, 4) is 0 Å². The van der Waals surface area contributed by atoms with Crippen molar-refractivity contribution in [2.75, 3.05) is 13.2 Å². The number of carbonyl (C=O) groups excluding carboxylic acids is 2. The lowest BCUT2D eigenvalue weighted by molar-refractivity contribution is -0.143. The van der Waals surface area contributed by atoms with Crippen molar-refractivity contribution in [3.05, 3.63) is 12.2 Å². The van der Waals surface area contributed by atoms with Crippen LogP contribution in [0.1, 0.15) is 303 Å². The van der Waals surface area contributed by atoms with Crippen LogP contribution in [0.2, 0.25) is 0 Å². The summed E-state index contributed by atoms with van der Waals surface area (Å²) in [7, 11) is 0. The lowest BCUT2D eigenvalue weighted by atomic mass is 10.0. The standard InChI is InChI=1S/C55H107NO5/c1-3-5-7-9-11-13-14-15-16-17-18-19-23-26-29-33-37-41-45-49-55(60)61-50-46-42-38-34-30-27-24-21-20-22-25-28-32-36-40-44-48-54(59)56-52(51-57)53(58)47-43-39-35-31-12-10-8-6-4-2/h15-16,52-53,57-58H,3-14,17-51H2,1-2H3,(H,56,59)/b16-15-. The van der Waals surface area contributed by atoms with Gasteiger partial charge < -0.3 is 20.3 Å². The van der Waals surface area contributed by atoms with Gasteiger partial charge >= 0.3 is 5.97 Å². The number of hydrogen-bond acceptors (Lipinski definition) is 5. The van der Waals surface area contributed by atoms with Gasteiger partial charge in [0.05, 0.1) is 25.4 Å². The zero-order valence-corrected chi connectivity index (χ0v) is 41.2. The first-order chi connectivity index (χ1) is 30.0. The van der Waals surface area contributed by atoms with Crippen molar-refractivity contribution in [2.45, 2.75) is 315 Å². The van der Waals surface area contributed by atoms with E-state index in [9.17, 15) is 19.8 Å². The van der Waals surface area contributed by atoms with Crippen molar-refractivity contribution in [3.63, 3.8) is 0 Å². The molecular weight excluding hydrogens is 755 g/mol. The lowest BCUT2D eigenvalue weighted by Gasteiger charge is -2.22. The molecule has 6 nitrogen and oxygen atoms in total. The van der Waals surface area contributed by atoms with Crippen molar-refractivity contribution in [2.24, 2.45) is 0 Å². The van der Waals surface area contributed by atoms with Crippen LogP contribution in [0, 0.1) is 0 Å². The molecule has 0 aromatic heterocycles. The van der Waals surface area contributed by atoms with Gasteiger partial charge in [0.1, 0.15) is 0 Å². The SMILES string of the molecule is CCCCCCCC/C=C\CCCCCCCCCCCC(=O)OCCCCCCCCCCCCCCCCCCC(=O)NC(CO)C(O)CCCCCCCCCCC. The molecule has 0 aromatic carbocycles. The zero-order chi connectivity index (χ0) is 44.4. The summed E-state index contributed by atoms with van der Waals surface area (Å²) < 4.78 is 5.49. The first-order valence-corrected chi connectivity index (χ1v) is 27.4. The highest BCUT2D eigenvalue weighted by Gasteiger charge is 2.20. The minimum atomic E-state index is -0.666. The van der Waals surface area contributed by atoms with Gasteiger partial charge in [0, 0.05) is 12.8 Å². The van der Waals surface area contributed by atoms with E-state index in [1.165, 1.54) is 225 Å². The summed E-state index contributed by atoms with van der Waals surface area (Å²) in [6.07, 6.45) is 59.1. The van der Waals surface area contributed by atoms with E-state index in [1.54, 1.807) is 0 Å². The minimum absolute atomic E-state index is 0.00282. The number of unbranched alkanes of at least 4 members (excludes halogenated alkanes) is 38. The Labute approximate surface area is 380 Å². The second-order valence-corrected chi connectivity index (χ2v) is 18.9. The van der Waals surface area contributed by atoms with E-state index in [-0.39, 0.29) is 18.5 Å². The Morgan fingerprint density at radius 3 is 1.16 bits per heavy atom. The van der Waals surface area contributed by atoms with E-state index in [0.29, 0.717) is 25.9 Å². The Hall–Kier alpha value is -1.40. The molecular formula is C55H107NO5. The molecule has 0 saturated carbocycles. The first kappa shape index (κ1) is 59.6. The van der Waals surface area contributed by atoms with Crippen LogP contribution >= 0.6 is 0 Å². The summed E-state index contributed by atoms with van der Waals surface area (Å²) in [4.78, 5) is 24.5. The second-order valence-electron chi connectivity index (χ2n) is 18.9. The van der Waals surface area contributed by atoms with Crippen LogP contribution in [0.25, 0.3) is 0 Å². The molecule has 0 aromatic rings. The molecule has 2 unspecified atom stereocenters. The van der Waals surface area contributed by atoms with Gasteiger partial charge in [-0.05, 0) is 51.4 Å². The fourth-order valence-electron chi connectivity index (χ4n) is 8.58. The zero-order valence-electron chi connectivity index (χ0n) is 41.2. The molecule has 2 atom stereocenters. The van der Waals surface area contributed by atoms with Gasteiger partial charge in [0.25, 0.3) is 0 Å². The molecule has 0 aliphatic carbocycles. The predicted molar refractivity (Wildman–Crippen MR) is 264 cm³/mol. The molecule has 0 saturated heterocycles. The monoisotopic (exact) mass is 862 g/mol. The summed E-state index contributed by atoms with van der Waals surface area (Å²) in [5.41, 5.74) is 0. The van der Waals surface area contributed by atoms with E-state index in [1.807, 2.05) is 0 Å². The summed E-state index contributed by atoms with van der Waals surface area (Å²) in [6.45, 7) is 4.92. The van der Waals surface area contributed by atoms with E-state index < -0.39 is 12.1 Å². The summed E-state index contributed by atoms with van der Waals surface area (Å²) in [5, 5.41) is 23.1. The second kappa shape index (κ2) is 51.2. The quantitative estimate of drug-likeness (QED) is 0.0322. The number of amides is 1. The molecule has 1 amide bonds. The fourth-order valence-corrected chi connectivity index (χ4v) is 8.58. The van der Waals surface area contributed by atoms with Gasteiger partial charge in [-0.15, -0.1) is 0 Å². The maximum Gasteiger partial charge on any atom is 0.305 e. The molecule has 0 spiro atoms. The van der Waals surface area contributed by atoms with Crippen LogP contribution in [-0.4, -0.2) is 47.4 Å². The molecule has 0 aliphatic rings. The van der Waals surface area contributed by atoms with Gasteiger partial charge in [-0.2, -0.15) is 0 Å². The summed E-state index contributed by atoms with van der Waals surface area (Å²) >= 11 is 0. The summed E-state index contributed by atoms with van der Waals surface area (Å²) in [6, 6.07) is -0.544. The number of nitrogens with one attached hydrogen (secondary N) is 1. The van der Waals surface area contributed by atoms with Gasteiger partial charge in [-0.1, -0.05) is 251 Å². The topological polar surface area (TPSA) is 95.9 Å². The Kier molecular flexibility index (Phi) is 50.1. The highest BCUT2D eigenvalue weighted by Crippen LogP contribution is 2.17. The van der Waals surface area contributed by atoms with E-state index in [0.717, 1.165) is 44.9 Å². The maximum absolute atomic E-state index is 12.4. The largest absolute Gasteiger partial charge is 0.466 e. The van der Waals surface area contributed by atoms with Crippen LogP contribution in [0.3, 0.4) is 0 Å². The Morgan fingerprint density at radius 2 is 0.770 bits per heavy atom. The molecule has 3 N–H and O–H groups in total. The molecule has 0 rings (SSSR count). The number of allylic oxidation sites excluding steroid dienone is 2. The number of rotatable bonds is 51. The van der Waals surface area contributed by atoms with Gasteiger partial charge in [-0.3, -0.25) is 9.59 Å². The molecule has 362 valence electrons. The molecule has 0 bridgehead atoms. The summed E-state index contributed by atoms with van der Waals surface area (Å²) in [5.74, 6) is -0.0406. The molecule has 6 heteroatoms. The van der Waals surface area contributed by atoms with E-state index in [2.05, 4.69) is 31.3 Å². The number of esters is 1. The predicted octanol–water partition coefficient (Wildman–Crippen LogP) is 16.5. The number of carbonyl (C=O) groups is 2. The van der Waals surface area contributed by atoms with E-state index >= 15 is 0 Å². The maximum atomic E-state index is 12.4. The van der Waals surface area contributed by atoms with Crippen LogP contribution in [0.5, 0.6) is 0 Å². The van der Waals surface area contributed by atoms with Crippen LogP contribution in [0.4, 0.5) is 0 Å². The number of aliphatic hydroxyl groups excluding tert-OH is 2. The fraction of sp³-hybridized carbons (Fsp3) is 0.927. The highest BCUT2D eigenvalue weighted by molar-refractivity contribution is 5.76. The van der Waals surface area contributed by atoms with Gasteiger partial charge in [-0.25, -0.2) is 0 Å². The van der Waals surface area contributed by atoms with E-state index in [4.69, 9.17) is 4.74 Å². The van der Waals surface area contributed by atoms with Crippen molar-refractivity contribution < 1.29 is 24.5 Å². The smallest absolute Gasteiger partial charge is 0.305 e. The lowest BCUT2D eigenvalue weighted by Crippen LogP contribution is -2.45. The molecule has 0 heterocycles. The average molecular weight is 862 g/mol. The van der Waals surface area contributed by atoms with Gasteiger partial charge in [0.15, 0.2) is 0 Å². The van der Waals surface area contributed by atoms with Crippen LogP contribution in [-0.2, 0) is 14.3 Å².